The van der Waals surface area contributed by atoms with Crippen LogP contribution in [0.3, 0.4) is 0 Å². The molecule has 0 bridgehead atoms. The fourth-order valence-electron chi connectivity index (χ4n) is 1.69. The molecular formula is C15H16N2O2S. The molecule has 0 aliphatic heterocycles. The van der Waals surface area contributed by atoms with Crippen LogP contribution >= 0.6 is 11.8 Å². The van der Waals surface area contributed by atoms with Crippen molar-refractivity contribution in [2.24, 2.45) is 0 Å². The van der Waals surface area contributed by atoms with Crippen LogP contribution in [0, 0.1) is 0 Å². The van der Waals surface area contributed by atoms with Crippen LogP contribution in [0.2, 0.25) is 0 Å². The van der Waals surface area contributed by atoms with Gasteiger partial charge in [-0.05, 0) is 35.5 Å². The van der Waals surface area contributed by atoms with Gasteiger partial charge in [-0.3, -0.25) is 9.59 Å². The van der Waals surface area contributed by atoms with Gasteiger partial charge >= 0.3 is 0 Å². The van der Waals surface area contributed by atoms with Crippen molar-refractivity contribution >= 4 is 17.0 Å². The summed E-state index contributed by atoms with van der Waals surface area (Å²) >= 11 is 1.18. The quantitative estimate of drug-likeness (QED) is 0.815. The molecule has 2 rings (SSSR count). The summed E-state index contributed by atoms with van der Waals surface area (Å²) in [5, 5.41) is -0.0148. The zero-order valence-electron chi connectivity index (χ0n) is 11.4. The second-order valence-corrected chi connectivity index (χ2v) is 5.60. The van der Waals surface area contributed by atoms with E-state index in [1.54, 1.807) is 35.8 Å². The van der Waals surface area contributed by atoms with Crippen molar-refractivity contribution in [1.29, 1.82) is 0 Å². The number of amides is 1. The summed E-state index contributed by atoms with van der Waals surface area (Å²) in [5.41, 5.74) is 0.963. The molecule has 0 fully saturated rings. The molecule has 20 heavy (non-hydrogen) atoms. The third kappa shape index (κ3) is 3.74. The molecule has 4 nitrogen and oxygen atoms in total. The summed E-state index contributed by atoms with van der Waals surface area (Å²) < 4.78 is 1.64. The molecule has 0 unspecified atom stereocenters. The van der Waals surface area contributed by atoms with Gasteiger partial charge in [0.1, 0.15) is 0 Å². The molecule has 1 heterocycles. The van der Waals surface area contributed by atoms with Crippen molar-refractivity contribution in [2.45, 2.75) is 11.4 Å². The van der Waals surface area contributed by atoms with Crippen molar-refractivity contribution in [3.05, 3.63) is 64.6 Å². The number of nitrogens with zero attached hydrogens (tertiary/aromatic N) is 2. The average molecular weight is 288 g/mol. The summed E-state index contributed by atoms with van der Waals surface area (Å²) in [5.74, 6) is 0. The van der Waals surface area contributed by atoms with E-state index in [1.807, 2.05) is 30.3 Å². The predicted octanol–water partition coefficient (Wildman–Crippen LogP) is 2.67. The highest BCUT2D eigenvalue weighted by atomic mass is 32.2. The fourth-order valence-corrected chi connectivity index (χ4v) is 2.43. The predicted molar refractivity (Wildman–Crippen MR) is 81.2 cm³/mol. The first-order chi connectivity index (χ1) is 9.56. The number of carbonyl (C=O) groups is 1. The lowest BCUT2D eigenvalue weighted by molar-refractivity contribution is 0.241. The second-order valence-electron chi connectivity index (χ2n) is 4.58. The van der Waals surface area contributed by atoms with Crippen LogP contribution in [-0.4, -0.2) is 28.8 Å². The summed E-state index contributed by atoms with van der Waals surface area (Å²) in [7, 11) is 3.45. The van der Waals surface area contributed by atoms with Gasteiger partial charge in [-0.1, -0.05) is 18.2 Å². The standard InChI is InChI=1S/C15H16N2O2S/c1-16(2)15(19)20-13-7-5-6-12(10-13)11-17-9-4-3-8-14(17)18/h3-10H,11H2,1-2H3. The van der Waals surface area contributed by atoms with Crippen LogP contribution in [0.15, 0.2) is 58.4 Å². The molecule has 2 aromatic rings. The van der Waals surface area contributed by atoms with Gasteiger partial charge in [0, 0.05) is 31.3 Å². The normalized spacial score (nSPS) is 10.3. The Balaban J connectivity index is 2.16. The number of carbonyl (C=O) groups excluding carboxylic acids is 1. The minimum atomic E-state index is -0.0325. The van der Waals surface area contributed by atoms with E-state index in [9.17, 15) is 9.59 Å². The van der Waals surface area contributed by atoms with Crippen LogP contribution in [0.4, 0.5) is 4.79 Å². The van der Waals surface area contributed by atoms with E-state index in [2.05, 4.69) is 0 Å². The minimum Gasteiger partial charge on any atom is -0.339 e. The Hall–Kier alpha value is -2.01. The zero-order valence-corrected chi connectivity index (χ0v) is 12.3. The molecule has 0 atom stereocenters. The molecule has 5 heteroatoms. The highest BCUT2D eigenvalue weighted by Gasteiger charge is 2.07. The highest BCUT2D eigenvalue weighted by molar-refractivity contribution is 8.13. The van der Waals surface area contributed by atoms with E-state index in [4.69, 9.17) is 0 Å². The molecule has 0 N–H and O–H groups in total. The fraction of sp³-hybridized carbons (Fsp3) is 0.200. The highest BCUT2D eigenvalue weighted by Crippen LogP contribution is 2.21. The van der Waals surface area contributed by atoms with E-state index in [0.717, 1.165) is 10.5 Å². The Kier molecular flexibility index (Phi) is 4.63. The van der Waals surface area contributed by atoms with Gasteiger partial charge in [-0.2, -0.15) is 0 Å². The SMILES string of the molecule is CN(C)C(=O)Sc1cccc(Cn2ccccc2=O)c1. The molecule has 0 radical (unpaired) electrons. The maximum absolute atomic E-state index is 11.7. The second kappa shape index (κ2) is 6.43. The van der Waals surface area contributed by atoms with Gasteiger partial charge in [0.25, 0.3) is 10.8 Å². The van der Waals surface area contributed by atoms with Crippen LogP contribution in [-0.2, 0) is 6.54 Å². The van der Waals surface area contributed by atoms with E-state index < -0.39 is 0 Å². The van der Waals surface area contributed by atoms with Gasteiger partial charge in [0.15, 0.2) is 0 Å². The summed E-state index contributed by atoms with van der Waals surface area (Å²) in [6, 6.07) is 12.8. The first kappa shape index (κ1) is 14.4. The van der Waals surface area contributed by atoms with Crippen LogP contribution in [0.5, 0.6) is 0 Å². The lowest BCUT2D eigenvalue weighted by Gasteiger charge is -2.10. The van der Waals surface area contributed by atoms with E-state index in [-0.39, 0.29) is 10.8 Å². The zero-order chi connectivity index (χ0) is 14.5. The Morgan fingerprint density at radius 3 is 2.70 bits per heavy atom. The van der Waals surface area contributed by atoms with E-state index >= 15 is 0 Å². The molecule has 0 spiro atoms. The number of pyridine rings is 1. The molecule has 0 aliphatic rings. The molecule has 1 amide bonds. The largest absolute Gasteiger partial charge is 0.339 e. The topological polar surface area (TPSA) is 42.3 Å². The number of aromatic nitrogens is 1. The van der Waals surface area contributed by atoms with Gasteiger partial charge < -0.3 is 9.47 Å². The first-order valence-corrected chi connectivity index (χ1v) is 7.01. The van der Waals surface area contributed by atoms with E-state index in [0.29, 0.717) is 6.54 Å². The number of thioether (sulfide) groups is 1. The van der Waals surface area contributed by atoms with Crippen LogP contribution in [0.1, 0.15) is 5.56 Å². The monoisotopic (exact) mass is 288 g/mol. The summed E-state index contributed by atoms with van der Waals surface area (Å²) in [6.45, 7) is 0.504. The van der Waals surface area contributed by atoms with Gasteiger partial charge in [0.2, 0.25) is 0 Å². The summed E-state index contributed by atoms with van der Waals surface area (Å²) in [4.78, 5) is 25.8. The minimum absolute atomic E-state index is 0.0148. The molecule has 0 saturated heterocycles. The number of benzene rings is 1. The van der Waals surface area contributed by atoms with Crippen molar-refractivity contribution in [3.63, 3.8) is 0 Å². The van der Waals surface area contributed by atoms with Crippen molar-refractivity contribution in [1.82, 2.24) is 9.47 Å². The third-order valence-electron chi connectivity index (χ3n) is 2.72. The number of hydrogen-bond acceptors (Lipinski definition) is 3. The Bertz CT molecular complexity index is 665. The van der Waals surface area contributed by atoms with Gasteiger partial charge in [-0.15, -0.1) is 0 Å². The summed E-state index contributed by atoms with van der Waals surface area (Å²) in [6.07, 6.45) is 1.76. The number of hydrogen-bond donors (Lipinski definition) is 0. The van der Waals surface area contributed by atoms with Crippen molar-refractivity contribution in [3.8, 4) is 0 Å². The molecule has 1 aromatic heterocycles. The number of rotatable bonds is 3. The lowest BCUT2D eigenvalue weighted by atomic mass is 10.2. The third-order valence-corrected chi connectivity index (χ3v) is 3.75. The molecule has 0 aliphatic carbocycles. The lowest BCUT2D eigenvalue weighted by Crippen LogP contribution is -2.18. The first-order valence-electron chi connectivity index (χ1n) is 6.20. The van der Waals surface area contributed by atoms with Crippen LogP contribution < -0.4 is 5.56 Å². The molecule has 104 valence electrons. The average Bonchev–Trinajstić information content (AvgIpc) is 2.42. The Morgan fingerprint density at radius 1 is 1.20 bits per heavy atom. The van der Waals surface area contributed by atoms with E-state index in [1.165, 1.54) is 17.8 Å². The van der Waals surface area contributed by atoms with Gasteiger partial charge in [0.05, 0.1) is 6.54 Å². The molecule has 0 saturated carbocycles. The maximum Gasteiger partial charge on any atom is 0.285 e. The molecular weight excluding hydrogens is 272 g/mol. The Morgan fingerprint density at radius 2 is 2.00 bits per heavy atom. The Labute approximate surface area is 122 Å². The van der Waals surface area contributed by atoms with Crippen molar-refractivity contribution in [2.75, 3.05) is 14.1 Å². The van der Waals surface area contributed by atoms with Crippen molar-refractivity contribution < 1.29 is 4.79 Å². The molecule has 1 aromatic carbocycles. The smallest absolute Gasteiger partial charge is 0.285 e. The van der Waals surface area contributed by atoms with Gasteiger partial charge in [-0.25, -0.2) is 0 Å². The maximum atomic E-state index is 11.7. The van der Waals surface area contributed by atoms with Crippen LogP contribution in [0.25, 0.3) is 0 Å².